The molecule has 1 saturated heterocycles. The number of rotatable bonds is 7. The number of aromatic nitrogens is 2. The van der Waals surface area contributed by atoms with Gasteiger partial charge in [-0.25, -0.2) is 0 Å². The lowest BCUT2D eigenvalue weighted by Gasteiger charge is -2.08. The van der Waals surface area contributed by atoms with E-state index in [1.165, 1.54) is 0 Å². The minimum atomic E-state index is -0.00824. The zero-order valence-electron chi connectivity index (χ0n) is 13.7. The maximum absolute atomic E-state index is 11.9. The van der Waals surface area contributed by atoms with Crippen LogP contribution in [-0.2, 0) is 16.0 Å². The second-order valence-corrected chi connectivity index (χ2v) is 5.77. The van der Waals surface area contributed by atoms with Gasteiger partial charge in [0.25, 0.3) is 0 Å². The SMILES string of the molecule is COc1ccc(-c2noc(CCC(=O)NC[C@H]3CCOC3)n2)cc1. The molecule has 0 aliphatic carbocycles. The summed E-state index contributed by atoms with van der Waals surface area (Å²) in [6.45, 7) is 2.19. The van der Waals surface area contributed by atoms with E-state index in [2.05, 4.69) is 15.5 Å². The van der Waals surface area contributed by atoms with Crippen molar-refractivity contribution < 1.29 is 18.8 Å². The molecular formula is C17H21N3O4. The van der Waals surface area contributed by atoms with Crippen molar-refractivity contribution >= 4 is 5.91 Å². The van der Waals surface area contributed by atoms with Crippen molar-refractivity contribution in [3.05, 3.63) is 30.2 Å². The number of carbonyl (C=O) groups excluding carboxylic acids is 1. The summed E-state index contributed by atoms with van der Waals surface area (Å²) in [6.07, 6.45) is 1.77. The molecule has 0 radical (unpaired) electrons. The Labute approximate surface area is 140 Å². The van der Waals surface area contributed by atoms with Gasteiger partial charge in [-0.1, -0.05) is 5.16 Å². The van der Waals surface area contributed by atoms with Crippen molar-refractivity contribution in [1.82, 2.24) is 15.5 Å². The summed E-state index contributed by atoms with van der Waals surface area (Å²) in [5.41, 5.74) is 0.844. The summed E-state index contributed by atoms with van der Waals surface area (Å²) >= 11 is 0. The molecule has 0 bridgehead atoms. The van der Waals surface area contributed by atoms with E-state index in [1.807, 2.05) is 24.3 Å². The van der Waals surface area contributed by atoms with Gasteiger partial charge >= 0.3 is 0 Å². The Hall–Kier alpha value is -2.41. The van der Waals surface area contributed by atoms with Crippen LogP contribution in [0.3, 0.4) is 0 Å². The molecule has 0 spiro atoms. The van der Waals surface area contributed by atoms with E-state index in [-0.39, 0.29) is 5.91 Å². The zero-order valence-corrected chi connectivity index (χ0v) is 13.7. The molecule has 1 N–H and O–H groups in total. The topological polar surface area (TPSA) is 86.5 Å². The van der Waals surface area contributed by atoms with E-state index in [0.717, 1.165) is 30.9 Å². The number of carbonyl (C=O) groups is 1. The Morgan fingerprint density at radius 2 is 2.21 bits per heavy atom. The van der Waals surface area contributed by atoms with Gasteiger partial charge < -0.3 is 19.3 Å². The van der Waals surface area contributed by atoms with Gasteiger partial charge in [0, 0.05) is 37.5 Å². The molecule has 7 nitrogen and oxygen atoms in total. The van der Waals surface area contributed by atoms with Gasteiger partial charge in [-0.05, 0) is 30.7 Å². The monoisotopic (exact) mass is 331 g/mol. The summed E-state index contributed by atoms with van der Waals surface area (Å²) in [6, 6.07) is 7.41. The second kappa shape index (κ2) is 7.92. The van der Waals surface area contributed by atoms with Gasteiger partial charge in [-0.3, -0.25) is 4.79 Å². The largest absolute Gasteiger partial charge is 0.497 e. The van der Waals surface area contributed by atoms with Crippen LogP contribution in [0, 0.1) is 5.92 Å². The van der Waals surface area contributed by atoms with Crippen molar-refractivity contribution in [2.75, 3.05) is 26.9 Å². The van der Waals surface area contributed by atoms with E-state index in [4.69, 9.17) is 14.0 Å². The minimum Gasteiger partial charge on any atom is -0.497 e. The second-order valence-electron chi connectivity index (χ2n) is 5.77. The molecule has 1 aliphatic rings. The van der Waals surface area contributed by atoms with Crippen molar-refractivity contribution in [3.8, 4) is 17.1 Å². The van der Waals surface area contributed by atoms with Crippen LogP contribution < -0.4 is 10.1 Å². The third-order valence-corrected chi connectivity index (χ3v) is 3.99. The first kappa shape index (κ1) is 16.4. The van der Waals surface area contributed by atoms with Crippen molar-refractivity contribution in [2.24, 2.45) is 5.92 Å². The molecule has 128 valence electrons. The van der Waals surface area contributed by atoms with Crippen LogP contribution in [0.2, 0.25) is 0 Å². The Balaban J connectivity index is 1.47. The number of aryl methyl sites for hydroxylation is 1. The fourth-order valence-electron chi connectivity index (χ4n) is 2.53. The number of nitrogens with zero attached hydrogens (tertiary/aromatic N) is 2. The summed E-state index contributed by atoms with van der Waals surface area (Å²) in [5, 5.41) is 6.88. The molecule has 24 heavy (non-hydrogen) atoms. The molecule has 3 rings (SSSR count). The van der Waals surface area contributed by atoms with E-state index in [1.54, 1.807) is 7.11 Å². The van der Waals surface area contributed by atoms with E-state index in [9.17, 15) is 4.79 Å². The van der Waals surface area contributed by atoms with Gasteiger partial charge in [-0.2, -0.15) is 4.98 Å². The van der Waals surface area contributed by atoms with Crippen LogP contribution in [0.5, 0.6) is 5.75 Å². The molecule has 1 atom stereocenters. The van der Waals surface area contributed by atoms with E-state index >= 15 is 0 Å². The smallest absolute Gasteiger partial charge is 0.227 e. The number of benzene rings is 1. The third-order valence-electron chi connectivity index (χ3n) is 3.99. The zero-order chi connectivity index (χ0) is 16.8. The Morgan fingerprint density at radius 1 is 1.38 bits per heavy atom. The van der Waals surface area contributed by atoms with Gasteiger partial charge in [0.15, 0.2) is 0 Å². The number of amides is 1. The highest BCUT2D eigenvalue weighted by Crippen LogP contribution is 2.20. The summed E-state index contributed by atoms with van der Waals surface area (Å²) in [4.78, 5) is 16.2. The average Bonchev–Trinajstić information content (AvgIpc) is 3.30. The fraction of sp³-hybridized carbons (Fsp3) is 0.471. The van der Waals surface area contributed by atoms with Crippen LogP contribution in [0.15, 0.2) is 28.8 Å². The van der Waals surface area contributed by atoms with Crippen LogP contribution >= 0.6 is 0 Å². The van der Waals surface area contributed by atoms with Gasteiger partial charge in [-0.15, -0.1) is 0 Å². The lowest BCUT2D eigenvalue weighted by molar-refractivity contribution is -0.121. The van der Waals surface area contributed by atoms with Gasteiger partial charge in [0.05, 0.1) is 13.7 Å². The molecule has 0 saturated carbocycles. The molecule has 1 amide bonds. The molecule has 1 aliphatic heterocycles. The van der Waals surface area contributed by atoms with Crippen LogP contribution in [0.4, 0.5) is 0 Å². The predicted octanol–water partition coefficient (Wildman–Crippen LogP) is 1.83. The highest BCUT2D eigenvalue weighted by Gasteiger charge is 2.16. The lowest BCUT2D eigenvalue weighted by Crippen LogP contribution is -2.29. The van der Waals surface area contributed by atoms with Crippen molar-refractivity contribution in [3.63, 3.8) is 0 Å². The summed E-state index contributed by atoms with van der Waals surface area (Å²) in [5.74, 6) is 2.16. The quantitative estimate of drug-likeness (QED) is 0.833. The fourth-order valence-corrected chi connectivity index (χ4v) is 2.53. The van der Waals surface area contributed by atoms with E-state index < -0.39 is 0 Å². The molecule has 1 fully saturated rings. The predicted molar refractivity (Wildman–Crippen MR) is 86.5 cm³/mol. The molecular weight excluding hydrogens is 310 g/mol. The van der Waals surface area contributed by atoms with E-state index in [0.29, 0.717) is 37.0 Å². The standard InChI is InChI=1S/C17H21N3O4/c1-22-14-4-2-13(3-5-14)17-19-16(24-20-17)7-6-15(21)18-10-12-8-9-23-11-12/h2-5,12H,6-11H2,1H3,(H,18,21)/t12-/m1/s1. The number of nitrogens with one attached hydrogen (secondary N) is 1. The lowest BCUT2D eigenvalue weighted by atomic mass is 10.1. The summed E-state index contributed by atoms with van der Waals surface area (Å²) < 4.78 is 15.6. The third kappa shape index (κ3) is 4.32. The maximum atomic E-state index is 11.9. The average molecular weight is 331 g/mol. The van der Waals surface area contributed by atoms with Crippen molar-refractivity contribution in [1.29, 1.82) is 0 Å². The number of hydrogen-bond donors (Lipinski definition) is 1. The Kier molecular flexibility index (Phi) is 5.43. The summed E-state index contributed by atoms with van der Waals surface area (Å²) in [7, 11) is 1.62. The molecule has 0 unspecified atom stereocenters. The highest BCUT2D eigenvalue weighted by atomic mass is 16.5. The Bertz CT molecular complexity index is 663. The molecule has 7 heteroatoms. The Morgan fingerprint density at radius 3 is 2.92 bits per heavy atom. The number of methoxy groups -OCH3 is 1. The number of ether oxygens (including phenoxy) is 2. The molecule has 1 aromatic heterocycles. The highest BCUT2D eigenvalue weighted by molar-refractivity contribution is 5.76. The molecule has 2 heterocycles. The molecule has 2 aromatic rings. The minimum absolute atomic E-state index is 0.00824. The molecule has 1 aromatic carbocycles. The number of hydrogen-bond acceptors (Lipinski definition) is 6. The van der Waals surface area contributed by atoms with Gasteiger partial charge in [0.2, 0.25) is 17.6 Å². The first-order valence-electron chi connectivity index (χ1n) is 8.06. The van der Waals surface area contributed by atoms with Crippen LogP contribution in [-0.4, -0.2) is 42.9 Å². The normalized spacial score (nSPS) is 17.0. The first-order valence-corrected chi connectivity index (χ1v) is 8.06. The van der Waals surface area contributed by atoms with Crippen LogP contribution in [0.25, 0.3) is 11.4 Å². The van der Waals surface area contributed by atoms with Crippen molar-refractivity contribution in [2.45, 2.75) is 19.3 Å². The van der Waals surface area contributed by atoms with Crippen LogP contribution in [0.1, 0.15) is 18.7 Å². The van der Waals surface area contributed by atoms with Gasteiger partial charge in [0.1, 0.15) is 5.75 Å². The maximum Gasteiger partial charge on any atom is 0.227 e. The first-order chi connectivity index (χ1) is 11.7.